The second-order valence-corrected chi connectivity index (χ2v) is 23.8. The number of phenols is 1. The topological polar surface area (TPSA) is 50.9 Å². The molecule has 0 saturated heterocycles. The van der Waals surface area contributed by atoms with Gasteiger partial charge >= 0.3 is 0 Å². The van der Waals surface area contributed by atoms with Gasteiger partial charge in [-0.15, -0.1) is 29.3 Å². The third kappa shape index (κ3) is 10.5. The van der Waals surface area contributed by atoms with Crippen LogP contribution in [0.4, 0.5) is 0 Å². The first kappa shape index (κ1) is 43.4. The number of rotatable bonds is 6. The summed E-state index contributed by atoms with van der Waals surface area (Å²) in [7, 11) is 0. The zero-order valence-electron chi connectivity index (χ0n) is 49.2. The Kier molecular flexibility index (Phi) is 11.5. The van der Waals surface area contributed by atoms with Crippen LogP contribution in [0.2, 0.25) is 0 Å². The number of hydrogen-bond donors (Lipinski definition) is 1. The molecule has 0 spiro atoms. The Hall–Kier alpha value is -5.57. The quantitative estimate of drug-likeness (QED) is 0.169. The molecule has 0 unspecified atom stereocenters. The molecule has 0 bridgehead atoms. The zero-order chi connectivity index (χ0) is 54.5. The van der Waals surface area contributed by atoms with Crippen LogP contribution in [0.25, 0.3) is 72.7 Å². The Morgan fingerprint density at radius 2 is 1.10 bits per heavy atom. The van der Waals surface area contributed by atoms with Gasteiger partial charge in [-0.2, -0.15) is 0 Å². The van der Waals surface area contributed by atoms with E-state index in [1.54, 1.807) is 18.3 Å². The standard InChI is InChI=1S/C64H72N3O.Pt/c1-39-21-23-41(24-22-39)43-27-28-65-54(35-43)46-30-45(33-47(34-46)60(3,4)5)51-19-18-20-56-57(51)66-59(52-37-50(63(12,13)14)38-53(58(52)68)64(15,16)17)67(56)55-26-25-42(29-40(55)2)44-31-48(61(6,7)8)36-49(32-44)62(9,10)11;/h18-29,31-38,68H,1-17H3;/q-1;/i1D3,2D3;. The molecule has 0 aliphatic rings. The Balaban J connectivity index is 0.00000820. The summed E-state index contributed by atoms with van der Waals surface area (Å²) in [6.45, 7) is 27.6. The van der Waals surface area contributed by atoms with Crippen LogP contribution < -0.4 is 0 Å². The number of imidazole rings is 1. The number of pyridine rings is 1. The Morgan fingerprint density at radius 1 is 0.522 bits per heavy atom. The van der Waals surface area contributed by atoms with Crippen LogP contribution in [-0.4, -0.2) is 19.6 Å². The van der Waals surface area contributed by atoms with Crippen LogP contribution in [-0.2, 0) is 48.1 Å². The summed E-state index contributed by atoms with van der Waals surface area (Å²) in [5, 5.41) is 12.6. The molecule has 0 fully saturated rings. The molecule has 5 heteroatoms. The van der Waals surface area contributed by atoms with E-state index in [9.17, 15) is 9.22 Å². The molecule has 0 radical (unpaired) electrons. The molecular weight excluding hydrogens is 1020 g/mol. The number of benzene rings is 6. The summed E-state index contributed by atoms with van der Waals surface area (Å²) in [5.41, 5.74) is 12.9. The zero-order valence-corrected chi connectivity index (χ0v) is 45.4. The minimum absolute atomic E-state index is 0. The van der Waals surface area contributed by atoms with E-state index in [1.165, 1.54) is 11.1 Å². The molecular formula is C64H72N3OPt-. The molecule has 6 aromatic carbocycles. The van der Waals surface area contributed by atoms with Gasteiger partial charge in [0.1, 0.15) is 11.6 Å². The van der Waals surface area contributed by atoms with E-state index in [0.29, 0.717) is 33.8 Å². The van der Waals surface area contributed by atoms with Gasteiger partial charge in [-0.3, -0.25) is 9.55 Å². The summed E-state index contributed by atoms with van der Waals surface area (Å²) in [6, 6.07) is 41.3. The number of aromatic hydroxyl groups is 1. The first-order chi connectivity index (χ1) is 34.0. The fourth-order valence-electron chi connectivity index (χ4n) is 8.83. The van der Waals surface area contributed by atoms with Crippen molar-refractivity contribution in [1.29, 1.82) is 0 Å². The summed E-state index contributed by atoms with van der Waals surface area (Å²) in [6.07, 6.45) is 1.76. The molecule has 0 saturated carbocycles. The van der Waals surface area contributed by atoms with Gasteiger partial charge in [0.2, 0.25) is 0 Å². The van der Waals surface area contributed by atoms with Crippen molar-refractivity contribution in [3.05, 3.63) is 166 Å². The van der Waals surface area contributed by atoms with Gasteiger partial charge in [0, 0.05) is 46.7 Å². The van der Waals surface area contributed by atoms with Gasteiger partial charge in [-0.1, -0.05) is 193 Å². The minimum Gasteiger partial charge on any atom is -0.507 e. The van der Waals surface area contributed by atoms with Gasteiger partial charge in [-0.25, -0.2) is 4.98 Å². The van der Waals surface area contributed by atoms with Crippen molar-refractivity contribution in [2.75, 3.05) is 0 Å². The Bertz CT molecular complexity index is 3410. The molecule has 8 aromatic rings. The van der Waals surface area contributed by atoms with E-state index in [0.717, 1.165) is 55.6 Å². The summed E-state index contributed by atoms with van der Waals surface area (Å²) in [4.78, 5) is 10.4. The predicted molar refractivity (Wildman–Crippen MR) is 290 cm³/mol. The van der Waals surface area contributed by atoms with Crippen molar-refractivity contribution in [1.82, 2.24) is 14.5 Å². The van der Waals surface area contributed by atoms with E-state index in [2.05, 4.69) is 146 Å². The van der Waals surface area contributed by atoms with Gasteiger partial charge < -0.3 is 5.11 Å². The normalized spacial score (nSPS) is 14.3. The maximum absolute atomic E-state index is 12.6. The van der Waals surface area contributed by atoms with Gasteiger partial charge in [-0.05, 0) is 116 Å². The molecule has 0 aliphatic heterocycles. The van der Waals surface area contributed by atoms with Crippen LogP contribution in [0.1, 0.15) is 151 Å². The number of para-hydroxylation sites is 1. The van der Waals surface area contributed by atoms with Crippen molar-refractivity contribution < 1.29 is 34.4 Å². The number of aryl methyl sites for hydroxylation is 2. The van der Waals surface area contributed by atoms with Crippen molar-refractivity contribution >= 4 is 11.0 Å². The summed E-state index contributed by atoms with van der Waals surface area (Å²) < 4.78 is 53.1. The smallest absolute Gasteiger partial charge is 0.148 e. The monoisotopic (exact) mass is 1100 g/mol. The Morgan fingerprint density at radius 3 is 1.70 bits per heavy atom. The van der Waals surface area contributed by atoms with E-state index in [1.807, 2.05) is 71.3 Å². The number of fused-ring (bicyclic) bond motifs is 1. The van der Waals surface area contributed by atoms with Crippen LogP contribution in [0.15, 0.2) is 121 Å². The van der Waals surface area contributed by atoms with Crippen molar-refractivity contribution in [2.45, 2.75) is 145 Å². The van der Waals surface area contributed by atoms with E-state index < -0.39 is 19.1 Å². The fourth-order valence-corrected chi connectivity index (χ4v) is 8.83. The molecule has 8 rings (SSSR count). The molecule has 0 amide bonds. The first-order valence-corrected chi connectivity index (χ1v) is 23.9. The van der Waals surface area contributed by atoms with E-state index >= 15 is 0 Å². The minimum atomic E-state index is -2.56. The maximum atomic E-state index is 12.6. The van der Waals surface area contributed by atoms with Crippen LogP contribution in [0.3, 0.4) is 0 Å². The molecule has 1 N–H and O–H groups in total. The molecule has 4 nitrogen and oxygen atoms in total. The maximum Gasteiger partial charge on any atom is 0.148 e. The molecule has 0 atom stereocenters. The number of phenolic OH excluding ortho intramolecular Hbond substituents is 1. The summed E-state index contributed by atoms with van der Waals surface area (Å²) >= 11 is 0. The molecule has 2 heterocycles. The second kappa shape index (κ2) is 18.3. The average molecular weight is 1100 g/mol. The number of hydrogen-bond acceptors (Lipinski definition) is 3. The van der Waals surface area contributed by atoms with Gasteiger partial charge in [0.15, 0.2) is 0 Å². The van der Waals surface area contributed by atoms with E-state index in [4.69, 9.17) is 14.1 Å². The van der Waals surface area contributed by atoms with Crippen molar-refractivity contribution in [2.24, 2.45) is 0 Å². The van der Waals surface area contributed by atoms with Gasteiger partial charge in [0.05, 0.1) is 22.3 Å². The average Bonchev–Trinajstić information content (AvgIpc) is 3.68. The molecule has 0 aliphatic carbocycles. The third-order valence-corrected chi connectivity index (χ3v) is 13.2. The van der Waals surface area contributed by atoms with Crippen LogP contribution in [0.5, 0.6) is 5.75 Å². The van der Waals surface area contributed by atoms with Crippen molar-refractivity contribution in [3.8, 4) is 67.5 Å². The summed E-state index contributed by atoms with van der Waals surface area (Å²) in [5.74, 6) is 0.502. The first-order valence-electron chi connectivity index (χ1n) is 26.9. The second-order valence-electron chi connectivity index (χ2n) is 23.8. The van der Waals surface area contributed by atoms with Gasteiger partial charge in [0.25, 0.3) is 0 Å². The van der Waals surface area contributed by atoms with Crippen LogP contribution >= 0.6 is 0 Å². The van der Waals surface area contributed by atoms with E-state index in [-0.39, 0.29) is 59.6 Å². The fraction of sp³-hybridized carbons (Fsp3) is 0.344. The molecule has 2 aromatic heterocycles. The largest absolute Gasteiger partial charge is 0.507 e. The molecule has 360 valence electrons. The van der Waals surface area contributed by atoms with Crippen molar-refractivity contribution in [3.63, 3.8) is 0 Å². The number of aromatic nitrogens is 3. The predicted octanol–water partition coefficient (Wildman–Crippen LogP) is 17.4. The SMILES string of the molecule is [2H]C([2H])([2H])c1ccc(-c2ccnc(-c3[c-]c(-c4cccc5c4nc(-c4cc(C(C)(C)C)cc(C(C)(C)C)c4O)n5-c4ccc(-c5cc(C(C)(C)C)cc(C(C)(C)C)c5)cc4C([2H])([2H])[2H])cc(C(C)(C)C)c3)c2)cc1.[Pt]. The number of nitrogens with zero attached hydrogens (tertiary/aromatic N) is 3. The molecule has 69 heavy (non-hydrogen) atoms. The third-order valence-electron chi connectivity index (χ3n) is 13.2. The Labute approximate surface area is 436 Å². The van der Waals surface area contributed by atoms with Crippen LogP contribution in [0, 0.1) is 19.8 Å².